The summed E-state index contributed by atoms with van der Waals surface area (Å²) in [6.07, 6.45) is -11.6. The van der Waals surface area contributed by atoms with Gasteiger partial charge < -0.3 is 9.84 Å². The molecule has 0 amide bonds. The highest BCUT2D eigenvalue weighted by molar-refractivity contribution is 5.90. The van der Waals surface area contributed by atoms with Crippen LogP contribution < -0.4 is 0 Å². The highest BCUT2D eigenvalue weighted by Gasteiger charge is 2.94. The minimum Gasteiger partial charge on any atom is -0.475 e. The summed E-state index contributed by atoms with van der Waals surface area (Å²) >= 11 is 0. The smallest absolute Gasteiger partial charge is 0.460 e. The predicted molar refractivity (Wildman–Crippen MR) is 58.7 cm³/mol. The Morgan fingerprint density at radius 3 is 1.16 bits per heavy atom. The molecule has 0 saturated heterocycles. The third-order valence-electron chi connectivity index (χ3n) is 3.14. The molecule has 0 aliphatic rings. The fourth-order valence-electron chi connectivity index (χ4n) is 1.41. The molecule has 0 aromatic heterocycles. The molecule has 0 unspecified atom stereocenters. The van der Waals surface area contributed by atoms with E-state index in [2.05, 4.69) is 4.74 Å². The predicted octanol–water partition coefficient (Wildman–Crippen LogP) is 5.10. The van der Waals surface area contributed by atoms with Crippen molar-refractivity contribution in [3.8, 4) is 0 Å². The first kappa shape index (κ1) is 29.5. The van der Waals surface area contributed by atoms with Gasteiger partial charge in [0.15, 0.2) is 0 Å². The van der Waals surface area contributed by atoms with E-state index < -0.39 is 65.5 Å². The Morgan fingerprint density at radius 1 is 0.562 bits per heavy atom. The highest BCUT2D eigenvalue weighted by Crippen LogP contribution is 2.62. The minimum atomic E-state index is -8.72. The topological polar surface area (TPSA) is 63.6 Å². The lowest BCUT2D eigenvalue weighted by molar-refractivity contribution is -0.450. The van der Waals surface area contributed by atoms with E-state index in [0.29, 0.717) is 0 Å². The van der Waals surface area contributed by atoms with E-state index in [1.54, 1.807) is 0 Å². The van der Waals surface area contributed by atoms with E-state index in [1.807, 2.05) is 0 Å². The van der Waals surface area contributed by atoms with Crippen molar-refractivity contribution in [3.05, 3.63) is 11.8 Å². The van der Waals surface area contributed by atoms with Crippen molar-refractivity contribution < 1.29 is 94.1 Å². The van der Waals surface area contributed by atoms with E-state index in [4.69, 9.17) is 5.11 Å². The molecule has 0 radical (unpaired) electrons. The number of carbonyl (C=O) groups excluding carboxylic acids is 1. The van der Waals surface area contributed by atoms with E-state index in [0.717, 1.165) is 0 Å². The van der Waals surface area contributed by atoms with Gasteiger partial charge in [0.05, 0.1) is 0 Å². The lowest BCUT2D eigenvalue weighted by atomic mass is 9.91. The van der Waals surface area contributed by atoms with Crippen molar-refractivity contribution in [2.75, 3.05) is 0 Å². The van der Waals surface area contributed by atoms with Gasteiger partial charge in [0.25, 0.3) is 5.76 Å². The number of alkyl halides is 15. The van der Waals surface area contributed by atoms with Gasteiger partial charge in [-0.05, 0) is 0 Å². The zero-order chi connectivity index (χ0) is 26.5. The van der Waals surface area contributed by atoms with Gasteiger partial charge in [-0.25, -0.2) is 9.59 Å². The first-order valence-electron chi connectivity index (χ1n) is 6.50. The molecule has 0 aromatic rings. The van der Waals surface area contributed by atoms with Crippen molar-refractivity contribution >= 4 is 11.9 Å². The van der Waals surface area contributed by atoms with Crippen LogP contribution in [0.5, 0.6) is 0 Å². The molecule has 1 N–H and O–H groups in total. The lowest BCUT2D eigenvalue weighted by Crippen LogP contribution is -2.73. The first-order chi connectivity index (χ1) is 13.7. The van der Waals surface area contributed by atoms with Gasteiger partial charge in [-0.3, -0.25) is 0 Å². The monoisotopic (exact) mass is 520 g/mol. The summed E-state index contributed by atoms with van der Waals surface area (Å²) in [6, 6.07) is 0. The van der Waals surface area contributed by atoms with Crippen LogP contribution in [0.15, 0.2) is 11.8 Å². The van der Waals surface area contributed by atoms with E-state index in [1.165, 1.54) is 0 Å². The van der Waals surface area contributed by atoms with Crippen LogP contribution in [-0.2, 0) is 14.3 Å². The van der Waals surface area contributed by atoms with Gasteiger partial charge in [-0.1, -0.05) is 0 Å². The Balaban J connectivity index is 6.63. The molecule has 0 aromatic carbocycles. The standard InChI is InChI=1S/C11HF17O4/c12-2(13)1(3(29)30)32-4(31)5(14,15)6(16,17)7(18,19)8(20,21)9(22,23)10(24,25)11(26,27)28/h(H,29,30). The molecular weight excluding hydrogens is 519 g/mol. The number of carboxylic acids is 1. The number of esters is 1. The minimum absolute atomic E-state index is 2.41. The maximum atomic E-state index is 13.3. The van der Waals surface area contributed by atoms with Gasteiger partial charge in [0, 0.05) is 0 Å². The van der Waals surface area contributed by atoms with Gasteiger partial charge in [-0.15, -0.1) is 0 Å². The maximum absolute atomic E-state index is 13.3. The Bertz CT molecular complexity index is 789. The molecule has 0 aliphatic heterocycles. The van der Waals surface area contributed by atoms with Crippen molar-refractivity contribution in [1.82, 2.24) is 0 Å². The second-order valence-electron chi connectivity index (χ2n) is 5.23. The molecular formula is C11HF17O4. The number of carbonyl (C=O) groups is 2. The van der Waals surface area contributed by atoms with Crippen molar-refractivity contribution in [3.63, 3.8) is 0 Å². The molecule has 4 nitrogen and oxygen atoms in total. The molecule has 0 fully saturated rings. The zero-order valence-electron chi connectivity index (χ0n) is 13.6. The quantitative estimate of drug-likeness (QED) is 0.210. The fourth-order valence-corrected chi connectivity index (χ4v) is 1.41. The van der Waals surface area contributed by atoms with Crippen molar-refractivity contribution in [1.29, 1.82) is 0 Å². The molecule has 0 aliphatic carbocycles. The van der Waals surface area contributed by atoms with Crippen LogP contribution in [0.3, 0.4) is 0 Å². The summed E-state index contributed by atoms with van der Waals surface area (Å²) in [5, 5.41) is 8.02. The number of rotatable bonds is 8. The largest absolute Gasteiger partial charge is 0.475 e. The van der Waals surface area contributed by atoms with E-state index in [-0.39, 0.29) is 0 Å². The van der Waals surface area contributed by atoms with Crippen LogP contribution >= 0.6 is 0 Å². The Morgan fingerprint density at radius 2 is 0.875 bits per heavy atom. The average Bonchev–Trinajstić information content (AvgIpc) is 2.56. The van der Waals surface area contributed by atoms with Crippen molar-refractivity contribution in [2.45, 2.75) is 41.7 Å². The summed E-state index contributed by atoms with van der Waals surface area (Å²) < 4.78 is 219. The van der Waals surface area contributed by atoms with E-state index >= 15 is 0 Å². The number of halogens is 17. The normalized spacial score (nSPS) is 14.8. The molecule has 0 rings (SSSR count). The Kier molecular flexibility index (Phi) is 7.20. The molecule has 0 saturated carbocycles. The number of aliphatic carboxylic acids is 1. The number of ether oxygens (including phenoxy) is 1. The number of carboxylic acid groups (broad SMARTS) is 1. The average molecular weight is 520 g/mol. The van der Waals surface area contributed by atoms with Crippen LogP contribution in [0.25, 0.3) is 0 Å². The summed E-state index contributed by atoms with van der Waals surface area (Å²) in [5.74, 6) is -61.3. The molecule has 188 valence electrons. The fraction of sp³-hybridized carbons (Fsp3) is 0.636. The highest BCUT2D eigenvalue weighted by atomic mass is 19.4. The van der Waals surface area contributed by atoms with E-state index in [9.17, 15) is 84.2 Å². The Hall–Kier alpha value is -2.51. The van der Waals surface area contributed by atoms with Crippen LogP contribution in [0.4, 0.5) is 74.6 Å². The van der Waals surface area contributed by atoms with Crippen LogP contribution in [0, 0.1) is 0 Å². The first-order valence-corrected chi connectivity index (χ1v) is 6.50. The summed E-state index contributed by atoms with van der Waals surface area (Å²) in [6.45, 7) is 0. The second-order valence-corrected chi connectivity index (χ2v) is 5.23. The van der Waals surface area contributed by atoms with Gasteiger partial charge in [0.1, 0.15) is 0 Å². The van der Waals surface area contributed by atoms with Crippen LogP contribution in [0.2, 0.25) is 0 Å². The third kappa shape index (κ3) is 3.99. The second kappa shape index (κ2) is 7.81. The molecule has 0 spiro atoms. The van der Waals surface area contributed by atoms with Crippen molar-refractivity contribution in [2.24, 2.45) is 0 Å². The number of hydrogen-bond acceptors (Lipinski definition) is 3. The molecule has 21 heteroatoms. The number of hydrogen-bond donors (Lipinski definition) is 1. The SMILES string of the molecule is O=C(O)C(OC(=O)C(F)(F)C(F)(F)C(F)(F)C(F)(F)C(F)(F)C(F)(F)C(F)(F)F)=C(F)F. The summed E-state index contributed by atoms with van der Waals surface area (Å²) in [7, 11) is 0. The zero-order valence-corrected chi connectivity index (χ0v) is 13.6. The van der Waals surface area contributed by atoms with Gasteiger partial charge >= 0.3 is 59.7 Å². The lowest BCUT2D eigenvalue weighted by Gasteiger charge is -2.40. The van der Waals surface area contributed by atoms with Crippen LogP contribution in [-0.4, -0.2) is 58.8 Å². The molecule has 32 heavy (non-hydrogen) atoms. The van der Waals surface area contributed by atoms with Gasteiger partial charge in [-0.2, -0.15) is 74.6 Å². The molecule has 0 atom stereocenters. The van der Waals surface area contributed by atoms with Gasteiger partial charge in [0.2, 0.25) is 0 Å². The Labute approximate surface area is 161 Å². The maximum Gasteiger partial charge on any atom is 0.460 e. The van der Waals surface area contributed by atoms with Crippen LogP contribution in [0.1, 0.15) is 0 Å². The third-order valence-corrected chi connectivity index (χ3v) is 3.14. The summed E-state index contributed by atoms with van der Waals surface area (Å²) in [4.78, 5) is 20.9. The summed E-state index contributed by atoms with van der Waals surface area (Å²) in [5.41, 5.74) is 0. The molecule has 0 heterocycles. The molecule has 0 bridgehead atoms.